The van der Waals surface area contributed by atoms with E-state index in [1.54, 1.807) is 25.4 Å². The Kier molecular flexibility index (Phi) is 4.19. The van der Waals surface area contributed by atoms with Crippen molar-refractivity contribution in [3.8, 4) is 0 Å². The summed E-state index contributed by atoms with van der Waals surface area (Å²) in [6.45, 7) is 2.28. The fourth-order valence-corrected chi connectivity index (χ4v) is 3.42. The van der Waals surface area contributed by atoms with Crippen LogP contribution in [-0.4, -0.2) is 27.2 Å². The van der Waals surface area contributed by atoms with Gasteiger partial charge in [-0.3, -0.25) is 14.0 Å². The maximum Gasteiger partial charge on any atom is 0.270 e. The molecule has 0 aliphatic carbocycles. The standard InChI is InChI=1S/C16H14ClN3O2S/c1-10-3-6-14-18-7-12(16(22)20(14)8-10)15(21)19(2)9-11-4-5-13(17)23-11/h3-8H,9H2,1-2H3. The van der Waals surface area contributed by atoms with Gasteiger partial charge in [-0.2, -0.15) is 0 Å². The number of pyridine rings is 1. The van der Waals surface area contributed by atoms with Crippen molar-refractivity contribution < 1.29 is 4.79 Å². The van der Waals surface area contributed by atoms with E-state index in [0.717, 1.165) is 10.4 Å². The van der Waals surface area contributed by atoms with Crippen LogP contribution in [0.15, 0.2) is 41.5 Å². The molecule has 5 nitrogen and oxygen atoms in total. The van der Waals surface area contributed by atoms with Crippen molar-refractivity contribution >= 4 is 34.5 Å². The molecule has 0 fully saturated rings. The molecule has 0 saturated carbocycles. The van der Waals surface area contributed by atoms with E-state index in [1.807, 2.05) is 19.1 Å². The Balaban J connectivity index is 1.94. The average molecular weight is 348 g/mol. The summed E-state index contributed by atoms with van der Waals surface area (Å²) in [4.78, 5) is 31.7. The molecule has 3 aromatic heterocycles. The van der Waals surface area contributed by atoms with Crippen LogP contribution < -0.4 is 5.56 Å². The molecule has 0 unspecified atom stereocenters. The summed E-state index contributed by atoms with van der Waals surface area (Å²) in [5.41, 5.74) is 1.13. The number of carbonyl (C=O) groups is 1. The van der Waals surface area contributed by atoms with Crippen molar-refractivity contribution in [3.63, 3.8) is 0 Å². The first-order chi connectivity index (χ1) is 11.0. The summed E-state index contributed by atoms with van der Waals surface area (Å²) in [6.07, 6.45) is 3.02. The second-order valence-electron chi connectivity index (χ2n) is 5.28. The Morgan fingerprint density at radius 3 is 2.83 bits per heavy atom. The molecule has 0 aromatic carbocycles. The molecule has 0 atom stereocenters. The molecule has 0 saturated heterocycles. The first kappa shape index (κ1) is 15.7. The van der Waals surface area contributed by atoms with E-state index in [9.17, 15) is 9.59 Å². The third kappa shape index (κ3) is 3.13. The summed E-state index contributed by atoms with van der Waals surface area (Å²) in [6, 6.07) is 7.28. The topological polar surface area (TPSA) is 54.7 Å². The first-order valence-corrected chi connectivity index (χ1v) is 8.13. The smallest absolute Gasteiger partial charge is 0.270 e. The van der Waals surface area contributed by atoms with Crippen LogP contribution in [-0.2, 0) is 6.54 Å². The molecule has 1 amide bonds. The van der Waals surface area contributed by atoms with Crippen molar-refractivity contribution in [2.45, 2.75) is 13.5 Å². The summed E-state index contributed by atoms with van der Waals surface area (Å²) >= 11 is 7.31. The second-order valence-corrected chi connectivity index (χ2v) is 7.08. The number of thiophene rings is 1. The number of aromatic nitrogens is 2. The van der Waals surface area contributed by atoms with Gasteiger partial charge in [-0.1, -0.05) is 17.7 Å². The van der Waals surface area contributed by atoms with Crippen LogP contribution in [0.3, 0.4) is 0 Å². The lowest BCUT2D eigenvalue weighted by Crippen LogP contribution is -2.32. The van der Waals surface area contributed by atoms with Crippen LogP contribution in [0.1, 0.15) is 20.8 Å². The lowest BCUT2D eigenvalue weighted by Gasteiger charge is -2.16. The molecule has 23 heavy (non-hydrogen) atoms. The van der Waals surface area contributed by atoms with Crippen molar-refractivity contribution in [1.82, 2.24) is 14.3 Å². The summed E-state index contributed by atoms with van der Waals surface area (Å²) in [5.74, 6) is -0.358. The van der Waals surface area contributed by atoms with Gasteiger partial charge in [0.15, 0.2) is 0 Å². The normalized spacial score (nSPS) is 10.9. The van der Waals surface area contributed by atoms with Gasteiger partial charge in [0.1, 0.15) is 11.2 Å². The Labute approximate surface area is 141 Å². The van der Waals surface area contributed by atoms with Gasteiger partial charge in [0.2, 0.25) is 0 Å². The molecule has 7 heteroatoms. The number of hydrogen-bond donors (Lipinski definition) is 0. The molecule has 3 rings (SSSR count). The van der Waals surface area contributed by atoms with Crippen molar-refractivity contribution in [3.05, 3.63) is 67.4 Å². The predicted octanol–water partition coefficient (Wildman–Crippen LogP) is 2.99. The van der Waals surface area contributed by atoms with E-state index >= 15 is 0 Å². The summed E-state index contributed by atoms with van der Waals surface area (Å²) < 4.78 is 2.07. The van der Waals surface area contributed by atoms with Gasteiger partial charge >= 0.3 is 0 Å². The quantitative estimate of drug-likeness (QED) is 0.732. The fourth-order valence-electron chi connectivity index (χ4n) is 2.28. The van der Waals surface area contributed by atoms with E-state index in [1.165, 1.54) is 26.8 Å². The highest BCUT2D eigenvalue weighted by Crippen LogP contribution is 2.22. The minimum Gasteiger partial charge on any atom is -0.336 e. The van der Waals surface area contributed by atoms with Crippen LogP contribution in [0.25, 0.3) is 5.65 Å². The molecule has 0 aliphatic rings. The lowest BCUT2D eigenvalue weighted by molar-refractivity contribution is 0.0784. The van der Waals surface area contributed by atoms with Gasteiger partial charge < -0.3 is 4.90 Å². The van der Waals surface area contributed by atoms with Crippen LogP contribution in [0, 0.1) is 6.92 Å². The third-order valence-corrected chi connectivity index (χ3v) is 4.66. The Morgan fingerprint density at radius 2 is 2.13 bits per heavy atom. The Bertz CT molecular complexity index is 948. The van der Waals surface area contributed by atoms with E-state index in [-0.39, 0.29) is 17.0 Å². The summed E-state index contributed by atoms with van der Waals surface area (Å²) in [7, 11) is 1.65. The highest BCUT2D eigenvalue weighted by molar-refractivity contribution is 7.16. The molecule has 0 bridgehead atoms. The zero-order chi connectivity index (χ0) is 16.6. The lowest BCUT2D eigenvalue weighted by atomic mass is 10.2. The van der Waals surface area contributed by atoms with Gasteiger partial charge in [0, 0.05) is 24.3 Å². The number of carbonyl (C=O) groups excluding carboxylic acids is 1. The Hall–Kier alpha value is -2.18. The highest BCUT2D eigenvalue weighted by Gasteiger charge is 2.18. The van der Waals surface area contributed by atoms with Gasteiger partial charge in [-0.05, 0) is 30.7 Å². The maximum absolute atomic E-state index is 12.5. The number of nitrogens with zero attached hydrogens (tertiary/aromatic N) is 3. The van der Waals surface area contributed by atoms with Gasteiger partial charge in [0.05, 0.1) is 10.9 Å². The van der Waals surface area contributed by atoms with Crippen molar-refractivity contribution in [2.75, 3.05) is 7.05 Å². The van der Waals surface area contributed by atoms with E-state index < -0.39 is 0 Å². The van der Waals surface area contributed by atoms with E-state index in [0.29, 0.717) is 16.5 Å². The molecule has 0 spiro atoms. The highest BCUT2D eigenvalue weighted by atomic mass is 35.5. The number of hydrogen-bond acceptors (Lipinski definition) is 4. The molecule has 0 aliphatic heterocycles. The number of fused-ring (bicyclic) bond motifs is 1. The molecule has 3 aromatic rings. The van der Waals surface area contributed by atoms with Crippen LogP contribution in [0.4, 0.5) is 0 Å². The summed E-state index contributed by atoms with van der Waals surface area (Å²) in [5, 5.41) is 0. The number of amides is 1. The Morgan fingerprint density at radius 1 is 1.35 bits per heavy atom. The van der Waals surface area contributed by atoms with Crippen LogP contribution in [0.2, 0.25) is 4.34 Å². The van der Waals surface area contributed by atoms with Gasteiger partial charge in [-0.15, -0.1) is 11.3 Å². The maximum atomic E-state index is 12.5. The minimum absolute atomic E-state index is 0.0539. The minimum atomic E-state index is -0.361. The number of aryl methyl sites for hydroxylation is 1. The second kappa shape index (κ2) is 6.14. The largest absolute Gasteiger partial charge is 0.336 e. The number of halogens is 1. The third-order valence-electron chi connectivity index (χ3n) is 3.45. The molecule has 118 valence electrons. The number of rotatable bonds is 3. The predicted molar refractivity (Wildman–Crippen MR) is 91.3 cm³/mol. The molecular formula is C16H14ClN3O2S. The van der Waals surface area contributed by atoms with Crippen LogP contribution >= 0.6 is 22.9 Å². The molecule has 0 radical (unpaired) electrons. The fraction of sp³-hybridized carbons (Fsp3) is 0.188. The zero-order valence-electron chi connectivity index (χ0n) is 12.6. The van der Waals surface area contributed by atoms with Crippen LogP contribution in [0.5, 0.6) is 0 Å². The first-order valence-electron chi connectivity index (χ1n) is 6.93. The van der Waals surface area contributed by atoms with Gasteiger partial charge in [0.25, 0.3) is 11.5 Å². The molecule has 0 N–H and O–H groups in total. The van der Waals surface area contributed by atoms with Crippen molar-refractivity contribution in [1.29, 1.82) is 0 Å². The average Bonchev–Trinajstić information content (AvgIpc) is 2.92. The molecule has 3 heterocycles. The monoisotopic (exact) mass is 347 g/mol. The van der Waals surface area contributed by atoms with E-state index in [4.69, 9.17) is 11.6 Å². The zero-order valence-corrected chi connectivity index (χ0v) is 14.2. The van der Waals surface area contributed by atoms with E-state index in [2.05, 4.69) is 4.98 Å². The van der Waals surface area contributed by atoms with Gasteiger partial charge in [-0.25, -0.2) is 4.98 Å². The van der Waals surface area contributed by atoms with Crippen molar-refractivity contribution in [2.24, 2.45) is 0 Å². The molecular weight excluding hydrogens is 334 g/mol. The SMILES string of the molecule is Cc1ccc2ncc(C(=O)N(C)Cc3ccc(Cl)s3)c(=O)n2c1.